The van der Waals surface area contributed by atoms with Gasteiger partial charge in [-0.3, -0.25) is 0 Å². The summed E-state index contributed by atoms with van der Waals surface area (Å²) in [5.74, 6) is 0. The van der Waals surface area contributed by atoms with E-state index in [4.69, 9.17) is 0 Å². The summed E-state index contributed by atoms with van der Waals surface area (Å²) in [5, 5.41) is 0. The van der Waals surface area contributed by atoms with Crippen molar-refractivity contribution < 1.29 is 4.21 Å². The molecule has 0 amide bonds. The minimum Gasteiger partial charge on any atom is -0.237 e. The van der Waals surface area contributed by atoms with Gasteiger partial charge in [-0.15, -0.1) is 0 Å². The molecule has 142 valence electrons. The van der Waals surface area contributed by atoms with E-state index in [0.717, 1.165) is 17.7 Å². The number of benzene rings is 1. The largest absolute Gasteiger partial charge is 0.237 e. The molecule has 1 unspecified atom stereocenters. The molecule has 1 aromatic carbocycles. The highest BCUT2D eigenvalue weighted by Gasteiger charge is 2.25. The second kappa shape index (κ2) is 12.7. The Morgan fingerprint density at radius 2 is 1.50 bits per heavy atom. The molecule has 1 aromatic rings. The Morgan fingerprint density at radius 3 is 1.88 bits per heavy atom. The van der Waals surface area contributed by atoms with Crippen LogP contribution in [0.25, 0.3) is 0 Å². The molecule has 24 heavy (non-hydrogen) atoms. The second-order valence-corrected chi connectivity index (χ2v) is 8.03. The van der Waals surface area contributed by atoms with Gasteiger partial charge in [-0.1, -0.05) is 80.0 Å². The fourth-order valence-electron chi connectivity index (χ4n) is 2.48. The second-order valence-electron chi connectivity index (χ2n) is 6.52. The maximum Gasteiger partial charge on any atom is 0.127 e. The van der Waals surface area contributed by atoms with Crippen LogP contribution in [0.15, 0.2) is 23.1 Å². The highest BCUT2D eigenvalue weighted by atomic mass is 32.2. The molecule has 0 aliphatic rings. The molecule has 1 rings (SSSR count). The number of hydrogen-bond donors (Lipinski definition) is 0. The molecule has 0 aromatic heterocycles. The Morgan fingerprint density at radius 1 is 1.04 bits per heavy atom. The van der Waals surface area contributed by atoms with Crippen molar-refractivity contribution in [3.8, 4) is 0 Å². The molecule has 0 heterocycles. The summed E-state index contributed by atoms with van der Waals surface area (Å²) in [6, 6.07) is 6.63. The molecule has 0 N–H and O–H groups in total. The van der Waals surface area contributed by atoms with Gasteiger partial charge >= 0.3 is 0 Å². The standard InChI is InChI=1S/C17H29NOS.2C2H6/c1-8-14(9-2)18(7)20(19)16-11-10-13(3)12-15(16)17(4,5)6;2*1-2/h10-12,14H,8-9H2,1-7H3;2*1-2H3. The fraction of sp³-hybridized carbons (Fsp3) is 0.714. The van der Waals surface area contributed by atoms with Crippen molar-refractivity contribution in [2.45, 2.75) is 98.4 Å². The van der Waals surface area contributed by atoms with Crippen LogP contribution in [-0.2, 0) is 16.4 Å². The molecule has 1 atom stereocenters. The van der Waals surface area contributed by atoms with E-state index in [9.17, 15) is 4.21 Å². The monoisotopic (exact) mass is 355 g/mol. The van der Waals surface area contributed by atoms with Gasteiger partial charge in [0.05, 0.1) is 4.90 Å². The van der Waals surface area contributed by atoms with Crippen LogP contribution in [0.2, 0.25) is 0 Å². The number of aryl methyl sites for hydroxylation is 1. The van der Waals surface area contributed by atoms with Crippen molar-refractivity contribution in [2.75, 3.05) is 7.05 Å². The average Bonchev–Trinajstić information content (AvgIpc) is 2.58. The zero-order chi connectivity index (χ0) is 19.5. The van der Waals surface area contributed by atoms with E-state index >= 15 is 0 Å². The van der Waals surface area contributed by atoms with Crippen molar-refractivity contribution in [1.82, 2.24) is 4.31 Å². The lowest BCUT2D eigenvalue weighted by molar-refractivity contribution is 0.368. The number of rotatable bonds is 5. The maximum absolute atomic E-state index is 12.9. The Bertz CT molecular complexity index is 473. The van der Waals surface area contributed by atoms with Gasteiger partial charge in [0.15, 0.2) is 0 Å². The summed E-state index contributed by atoms with van der Waals surface area (Å²) in [6.45, 7) is 20.9. The number of nitrogens with zero attached hydrogens (tertiary/aromatic N) is 1. The molecule has 3 heteroatoms. The smallest absolute Gasteiger partial charge is 0.127 e. The van der Waals surface area contributed by atoms with Crippen LogP contribution in [0.5, 0.6) is 0 Å². The highest BCUT2D eigenvalue weighted by Crippen LogP contribution is 2.30. The minimum absolute atomic E-state index is 0.00573. The average molecular weight is 356 g/mol. The first-order chi connectivity index (χ1) is 11.2. The molecular formula is C21H41NOS. The molecule has 0 bridgehead atoms. The lowest BCUT2D eigenvalue weighted by atomic mass is 9.86. The van der Waals surface area contributed by atoms with E-state index in [1.54, 1.807) is 0 Å². The van der Waals surface area contributed by atoms with Gasteiger partial charge in [0.25, 0.3) is 0 Å². The van der Waals surface area contributed by atoms with Crippen LogP contribution in [0.1, 0.15) is 86.3 Å². The van der Waals surface area contributed by atoms with Crippen molar-refractivity contribution in [3.05, 3.63) is 29.3 Å². The van der Waals surface area contributed by atoms with Gasteiger partial charge in [0, 0.05) is 13.1 Å². The SMILES string of the molecule is CC.CC.CCC(CC)N(C)S(=O)c1ccc(C)cc1C(C)(C)C. The van der Waals surface area contributed by atoms with Crippen molar-refractivity contribution in [3.63, 3.8) is 0 Å². The molecule has 2 nitrogen and oxygen atoms in total. The van der Waals surface area contributed by atoms with E-state index in [0.29, 0.717) is 6.04 Å². The Balaban J connectivity index is 0. The summed E-state index contributed by atoms with van der Waals surface area (Å²) >= 11 is 0. The quantitative estimate of drug-likeness (QED) is 0.591. The van der Waals surface area contributed by atoms with Gasteiger partial charge < -0.3 is 0 Å². The summed E-state index contributed by atoms with van der Waals surface area (Å²) in [7, 11) is 0.881. The summed E-state index contributed by atoms with van der Waals surface area (Å²) in [5.41, 5.74) is 2.42. The lowest BCUT2D eigenvalue weighted by Crippen LogP contribution is -2.33. The van der Waals surface area contributed by atoms with E-state index in [1.807, 2.05) is 45.1 Å². The van der Waals surface area contributed by atoms with Crippen molar-refractivity contribution in [2.24, 2.45) is 0 Å². The van der Waals surface area contributed by atoms with Crippen molar-refractivity contribution >= 4 is 11.0 Å². The maximum atomic E-state index is 12.9. The van der Waals surface area contributed by atoms with Crippen molar-refractivity contribution in [1.29, 1.82) is 0 Å². The van der Waals surface area contributed by atoms with Crippen LogP contribution in [0, 0.1) is 6.92 Å². The third kappa shape index (κ3) is 7.48. The summed E-state index contributed by atoms with van der Waals surface area (Å²) in [6.07, 6.45) is 2.05. The van der Waals surface area contributed by atoms with Crippen LogP contribution in [-0.4, -0.2) is 21.6 Å². The molecule has 0 saturated carbocycles. The Hall–Kier alpha value is -0.670. The molecule has 0 radical (unpaired) electrons. The van der Waals surface area contributed by atoms with Gasteiger partial charge in [0.1, 0.15) is 11.0 Å². The van der Waals surface area contributed by atoms with Gasteiger partial charge in [-0.05, 0) is 36.8 Å². The van der Waals surface area contributed by atoms with Gasteiger partial charge in [-0.2, -0.15) is 0 Å². The fourth-order valence-corrected chi connectivity index (χ4v) is 4.09. The summed E-state index contributed by atoms with van der Waals surface area (Å²) < 4.78 is 14.9. The topological polar surface area (TPSA) is 20.3 Å². The molecule has 0 fully saturated rings. The lowest BCUT2D eigenvalue weighted by Gasteiger charge is -2.29. The molecule has 0 spiro atoms. The van der Waals surface area contributed by atoms with Gasteiger partial charge in [-0.25, -0.2) is 8.51 Å². The first kappa shape index (κ1) is 25.6. The Labute approximate surface area is 154 Å². The Kier molecular flexibility index (Phi) is 13.5. The molecule has 0 aliphatic heterocycles. The van der Waals surface area contributed by atoms with Crippen LogP contribution < -0.4 is 0 Å². The van der Waals surface area contributed by atoms with E-state index in [1.165, 1.54) is 11.1 Å². The predicted octanol–water partition coefficient (Wildman–Crippen LogP) is 6.49. The summed E-state index contributed by atoms with van der Waals surface area (Å²) in [4.78, 5) is 0.956. The predicted molar refractivity (Wildman–Crippen MR) is 111 cm³/mol. The third-order valence-electron chi connectivity index (χ3n) is 3.85. The molecule has 0 aliphatic carbocycles. The van der Waals surface area contributed by atoms with E-state index < -0.39 is 11.0 Å². The minimum atomic E-state index is -1.09. The zero-order valence-electron chi connectivity index (χ0n) is 18.0. The third-order valence-corrected chi connectivity index (χ3v) is 5.40. The zero-order valence-corrected chi connectivity index (χ0v) is 18.8. The van der Waals surface area contributed by atoms with Crippen LogP contribution in [0.3, 0.4) is 0 Å². The van der Waals surface area contributed by atoms with E-state index in [-0.39, 0.29) is 5.41 Å². The normalized spacial score (nSPS) is 12.2. The van der Waals surface area contributed by atoms with Gasteiger partial charge in [0.2, 0.25) is 0 Å². The molecule has 0 saturated heterocycles. The number of hydrogen-bond acceptors (Lipinski definition) is 1. The first-order valence-corrected chi connectivity index (χ1v) is 10.6. The molecular weight excluding hydrogens is 314 g/mol. The highest BCUT2D eigenvalue weighted by molar-refractivity contribution is 7.82. The van der Waals surface area contributed by atoms with Crippen LogP contribution >= 0.6 is 0 Å². The first-order valence-electron chi connectivity index (χ1n) is 9.48. The van der Waals surface area contributed by atoms with Crippen LogP contribution in [0.4, 0.5) is 0 Å². The van der Waals surface area contributed by atoms with E-state index in [2.05, 4.69) is 53.7 Å².